The normalized spacial score (nSPS) is 15.3. The smallest absolute Gasteiger partial charge is 0.243 e. The summed E-state index contributed by atoms with van der Waals surface area (Å²) in [4.78, 5) is 15.4. The highest BCUT2D eigenvalue weighted by atomic mass is 32.2. The highest BCUT2D eigenvalue weighted by Gasteiger charge is 2.33. The van der Waals surface area contributed by atoms with E-state index in [1.807, 2.05) is 80.6 Å². The number of anilines is 1. The second kappa shape index (κ2) is 10.1. The van der Waals surface area contributed by atoms with Crippen molar-refractivity contribution in [1.29, 1.82) is 0 Å². The Hall–Kier alpha value is -2.61. The molecule has 0 spiro atoms. The summed E-state index contributed by atoms with van der Waals surface area (Å²) in [6.07, 6.45) is 1.01. The van der Waals surface area contributed by atoms with Crippen LogP contribution in [0, 0.1) is 19.8 Å². The van der Waals surface area contributed by atoms with Crippen LogP contribution in [0.25, 0.3) is 0 Å². The fourth-order valence-corrected chi connectivity index (χ4v) is 6.69. The van der Waals surface area contributed by atoms with Crippen molar-refractivity contribution in [3.05, 3.63) is 83.9 Å². The van der Waals surface area contributed by atoms with Crippen LogP contribution in [0.4, 0.5) is 5.69 Å². The summed E-state index contributed by atoms with van der Waals surface area (Å²) in [6, 6.07) is 23.3. The Kier molecular flexibility index (Phi) is 7.22. The van der Waals surface area contributed by atoms with Gasteiger partial charge in [-0.1, -0.05) is 54.2 Å². The predicted octanol–water partition coefficient (Wildman–Crippen LogP) is 5.49. The zero-order chi connectivity index (χ0) is 23.4. The van der Waals surface area contributed by atoms with E-state index in [-0.39, 0.29) is 11.8 Å². The first-order valence-electron chi connectivity index (χ1n) is 11.0. The van der Waals surface area contributed by atoms with Crippen LogP contribution in [0.3, 0.4) is 0 Å². The molecule has 1 aliphatic heterocycles. The van der Waals surface area contributed by atoms with Crippen molar-refractivity contribution in [3.8, 4) is 0 Å². The number of piperidine rings is 1. The Morgan fingerprint density at radius 2 is 1.61 bits per heavy atom. The molecule has 0 aromatic heterocycles. The summed E-state index contributed by atoms with van der Waals surface area (Å²) in [7, 11) is -3.57. The van der Waals surface area contributed by atoms with E-state index in [0.717, 1.165) is 26.6 Å². The zero-order valence-corrected chi connectivity index (χ0v) is 20.5. The minimum Gasteiger partial charge on any atom is -0.325 e. The molecule has 5 nitrogen and oxygen atoms in total. The first-order valence-corrected chi connectivity index (χ1v) is 13.3. The van der Waals surface area contributed by atoms with Gasteiger partial charge in [0.15, 0.2) is 0 Å². The Balaban J connectivity index is 1.41. The molecule has 4 rings (SSSR count). The van der Waals surface area contributed by atoms with Crippen LogP contribution in [0.1, 0.15) is 24.0 Å². The highest BCUT2D eigenvalue weighted by Crippen LogP contribution is 2.34. The minimum atomic E-state index is -3.57. The zero-order valence-electron chi connectivity index (χ0n) is 18.8. The van der Waals surface area contributed by atoms with Crippen molar-refractivity contribution >= 4 is 33.4 Å². The standard InChI is InChI=1S/C26H28N2O3S2/c1-19-12-13-20(2)25(18-19)33(30,31)28-16-14-21(15-17-28)26(29)27-23-10-6-7-11-24(23)32-22-8-4-3-5-9-22/h3-13,18,21H,14-17H2,1-2H3,(H,27,29). The average molecular weight is 481 g/mol. The molecule has 0 unspecified atom stereocenters. The van der Waals surface area contributed by atoms with Gasteiger partial charge in [-0.2, -0.15) is 4.31 Å². The van der Waals surface area contributed by atoms with Gasteiger partial charge in [-0.25, -0.2) is 8.42 Å². The van der Waals surface area contributed by atoms with Crippen molar-refractivity contribution < 1.29 is 13.2 Å². The maximum atomic E-state index is 13.2. The molecule has 1 saturated heterocycles. The largest absolute Gasteiger partial charge is 0.325 e. The molecule has 1 amide bonds. The van der Waals surface area contributed by atoms with Gasteiger partial charge < -0.3 is 5.32 Å². The number of sulfonamides is 1. The molecule has 1 aliphatic rings. The Bertz CT molecular complexity index is 1240. The average Bonchev–Trinajstić information content (AvgIpc) is 2.82. The number of carbonyl (C=O) groups is 1. The number of aryl methyl sites for hydroxylation is 2. The summed E-state index contributed by atoms with van der Waals surface area (Å²) >= 11 is 1.60. The lowest BCUT2D eigenvalue weighted by molar-refractivity contribution is -0.120. The highest BCUT2D eigenvalue weighted by molar-refractivity contribution is 7.99. The molecule has 172 valence electrons. The molecular formula is C26H28N2O3S2. The van der Waals surface area contributed by atoms with Crippen LogP contribution in [0.15, 0.2) is 87.5 Å². The first kappa shape index (κ1) is 23.5. The van der Waals surface area contributed by atoms with Crippen LogP contribution < -0.4 is 5.32 Å². The summed E-state index contributed by atoms with van der Waals surface area (Å²) in [5.74, 6) is -0.273. The summed E-state index contributed by atoms with van der Waals surface area (Å²) in [5.41, 5.74) is 2.44. The summed E-state index contributed by atoms with van der Waals surface area (Å²) in [6.45, 7) is 4.39. The van der Waals surface area contributed by atoms with E-state index >= 15 is 0 Å². The number of benzene rings is 3. The first-order chi connectivity index (χ1) is 15.8. The molecule has 0 aliphatic carbocycles. The van der Waals surface area contributed by atoms with Crippen LogP contribution in [0.5, 0.6) is 0 Å². The molecule has 0 saturated carbocycles. The number of amides is 1. The van der Waals surface area contributed by atoms with Gasteiger partial charge in [-0.15, -0.1) is 0 Å². The number of para-hydroxylation sites is 1. The molecule has 7 heteroatoms. The fraction of sp³-hybridized carbons (Fsp3) is 0.269. The molecule has 3 aromatic rings. The lowest BCUT2D eigenvalue weighted by Gasteiger charge is -2.31. The minimum absolute atomic E-state index is 0.0557. The number of carbonyl (C=O) groups excluding carboxylic acids is 1. The van der Waals surface area contributed by atoms with Gasteiger partial charge in [-0.05, 0) is 68.1 Å². The summed E-state index contributed by atoms with van der Waals surface area (Å²) in [5, 5.41) is 3.07. The van der Waals surface area contributed by atoms with Crippen molar-refractivity contribution in [1.82, 2.24) is 4.31 Å². The SMILES string of the molecule is Cc1ccc(C)c(S(=O)(=O)N2CCC(C(=O)Nc3ccccc3Sc3ccccc3)CC2)c1. The number of hydrogen-bond donors (Lipinski definition) is 1. The van der Waals surface area contributed by atoms with E-state index < -0.39 is 10.0 Å². The second-order valence-electron chi connectivity index (χ2n) is 8.35. The van der Waals surface area contributed by atoms with E-state index in [0.29, 0.717) is 30.8 Å². The molecule has 0 atom stereocenters. The van der Waals surface area contributed by atoms with Gasteiger partial charge in [0.2, 0.25) is 15.9 Å². The fourth-order valence-electron chi connectivity index (χ4n) is 3.99. The van der Waals surface area contributed by atoms with Crippen molar-refractivity contribution in [2.24, 2.45) is 5.92 Å². The molecule has 0 bridgehead atoms. The topological polar surface area (TPSA) is 66.5 Å². The van der Waals surface area contributed by atoms with E-state index in [2.05, 4.69) is 5.32 Å². The molecule has 1 N–H and O–H groups in total. The van der Waals surface area contributed by atoms with Gasteiger partial charge >= 0.3 is 0 Å². The third kappa shape index (κ3) is 5.49. The number of nitrogens with zero attached hydrogens (tertiary/aromatic N) is 1. The van der Waals surface area contributed by atoms with Crippen LogP contribution in [-0.2, 0) is 14.8 Å². The van der Waals surface area contributed by atoms with Crippen molar-refractivity contribution in [2.75, 3.05) is 18.4 Å². The molecule has 33 heavy (non-hydrogen) atoms. The lowest BCUT2D eigenvalue weighted by Crippen LogP contribution is -2.41. The molecule has 3 aromatic carbocycles. The van der Waals surface area contributed by atoms with Gasteiger partial charge in [0, 0.05) is 28.8 Å². The number of hydrogen-bond acceptors (Lipinski definition) is 4. The van der Waals surface area contributed by atoms with E-state index in [4.69, 9.17) is 0 Å². The molecule has 1 fully saturated rings. The van der Waals surface area contributed by atoms with Crippen molar-refractivity contribution in [2.45, 2.75) is 41.4 Å². The second-order valence-corrected chi connectivity index (χ2v) is 11.4. The third-order valence-electron chi connectivity index (χ3n) is 5.90. The van der Waals surface area contributed by atoms with Crippen molar-refractivity contribution in [3.63, 3.8) is 0 Å². The predicted molar refractivity (Wildman–Crippen MR) is 133 cm³/mol. The quantitative estimate of drug-likeness (QED) is 0.506. The van der Waals surface area contributed by atoms with Crippen LogP contribution in [0.2, 0.25) is 0 Å². The Labute approximate surface area is 200 Å². The number of nitrogens with one attached hydrogen (secondary N) is 1. The van der Waals surface area contributed by atoms with Gasteiger partial charge in [-0.3, -0.25) is 4.79 Å². The molecule has 0 radical (unpaired) electrons. The Morgan fingerprint density at radius 3 is 2.33 bits per heavy atom. The van der Waals surface area contributed by atoms with Gasteiger partial charge in [0.25, 0.3) is 0 Å². The Morgan fingerprint density at radius 1 is 0.939 bits per heavy atom. The third-order valence-corrected chi connectivity index (χ3v) is 9.03. The number of rotatable bonds is 6. The van der Waals surface area contributed by atoms with Gasteiger partial charge in [0.05, 0.1) is 10.6 Å². The van der Waals surface area contributed by atoms with E-state index in [1.54, 1.807) is 17.8 Å². The lowest BCUT2D eigenvalue weighted by atomic mass is 9.97. The van der Waals surface area contributed by atoms with Gasteiger partial charge in [0.1, 0.15) is 0 Å². The van der Waals surface area contributed by atoms with E-state index in [1.165, 1.54) is 4.31 Å². The summed E-state index contributed by atoms with van der Waals surface area (Å²) < 4.78 is 27.8. The maximum Gasteiger partial charge on any atom is 0.243 e. The van der Waals surface area contributed by atoms with E-state index in [9.17, 15) is 13.2 Å². The van der Waals surface area contributed by atoms with Crippen LogP contribution >= 0.6 is 11.8 Å². The monoisotopic (exact) mass is 480 g/mol. The maximum absolute atomic E-state index is 13.2. The molecule has 1 heterocycles. The van der Waals surface area contributed by atoms with Crippen LogP contribution in [-0.4, -0.2) is 31.7 Å². The molecular weight excluding hydrogens is 452 g/mol.